The van der Waals surface area contributed by atoms with E-state index in [4.69, 9.17) is 11.0 Å². The van der Waals surface area contributed by atoms with Gasteiger partial charge < -0.3 is 11.1 Å². The van der Waals surface area contributed by atoms with Gasteiger partial charge in [0.15, 0.2) is 0 Å². The molecule has 2 rings (SSSR count). The van der Waals surface area contributed by atoms with Gasteiger partial charge in [-0.3, -0.25) is 0 Å². The van der Waals surface area contributed by atoms with Gasteiger partial charge in [-0.15, -0.1) is 0 Å². The SMILES string of the molecule is CCC1CCC(CNc2cc(C#N)ccc2N)CC1. The van der Waals surface area contributed by atoms with Crippen molar-refractivity contribution in [3.05, 3.63) is 23.8 Å². The number of nitrogen functional groups attached to an aromatic ring is 1. The second-order valence-corrected chi connectivity index (χ2v) is 5.59. The maximum absolute atomic E-state index is 8.91. The minimum atomic E-state index is 0.659. The minimum absolute atomic E-state index is 0.659. The predicted molar refractivity (Wildman–Crippen MR) is 79.8 cm³/mol. The average molecular weight is 257 g/mol. The molecule has 3 nitrogen and oxygen atoms in total. The quantitative estimate of drug-likeness (QED) is 0.807. The number of nitrogens with two attached hydrogens (primary N) is 1. The van der Waals surface area contributed by atoms with Crippen LogP contribution in [0.3, 0.4) is 0 Å². The maximum Gasteiger partial charge on any atom is 0.0992 e. The number of rotatable bonds is 4. The zero-order chi connectivity index (χ0) is 13.7. The first-order chi connectivity index (χ1) is 9.22. The fourth-order valence-electron chi connectivity index (χ4n) is 2.88. The van der Waals surface area contributed by atoms with Crippen LogP contribution < -0.4 is 11.1 Å². The van der Waals surface area contributed by atoms with Crippen LogP contribution in [0.4, 0.5) is 11.4 Å². The summed E-state index contributed by atoms with van der Waals surface area (Å²) in [5.74, 6) is 1.68. The third-order valence-electron chi connectivity index (χ3n) is 4.31. The van der Waals surface area contributed by atoms with Gasteiger partial charge in [-0.1, -0.05) is 26.2 Å². The molecular weight excluding hydrogens is 234 g/mol. The highest BCUT2D eigenvalue weighted by atomic mass is 14.9. The van der Waals surface area contributed by atoms with E-state index in [2.05, 4.69) is 18.3 Å². The Hall–Kier alpha value is -1.69. The van der Waals surface area contributed by atoms with Crippen molar-refractivity contribution in [1.29, 1.82) is 5.26 Å². The summed E-state index contributed by atoms with van der Waals surface area (Å²) in [5.41, 5.74) is 8.21. The van der Waals surface area contributed by atoms with Crippen molar-refractivity contribution in [2.45, 2.75) is 39.0 Å². The molecule has 0 atom stereocenters. The Morgan fingerprint density at radius 3 is 2.58 bits per heavy atom. The van der Waals surface area contributed by atoms with Crippen molar-refractivity contribution < 1.29 is 0 Å². The monoisotopic (exact) mass is 257 g/mol. The van der Waals surface area contributed by atoms with Gasteiger partial charge >= 0.3 is 0 Å². The van der Waals surface area contributed by atoms with Gasteiger partial charge in [0.05, 0.1) is 23.0 Å². The largest absolute Gasteiger partial charge is 0.397 e. The number of nitrogens with zero attached hydrogens (tertiary/aromatic N) is 1. The molecular formula is C16H23N3. The van der Waals surface area contributed by atoms with Crippen molar-refractivity contribution in [3.63, 3.8) is 0 Å². The second-order valence-electron chi connectivity index (χ2n) is 5.59. The molecule has 0 radical (unpaired) electrons. The van der Waals surface area contributed by atoms with E-state index in [1.54, 1.807) is 12.1 Å². The fourth-order valence-corrected chi connectivity index (χ4v) is 2.88. The fraction of sp³-hybridized carbons (Fsp3) is 0.562. The van der Waals surface area contributed by atoms with Gasteiger partial charge in [0.1, 0.15) is 0 Å². The average Bonchev–Trinajstić information content (AvgIpc) is 2.47. The van der Waals surface area contributed by atoms with Crippen LogP contribution in [0.1, 0.15) is 44.6 Å². The van der Waals surface area contributed by atoms with Gasteiger partial charge in [-0.05, 0) is 42.9 Å². The smallest absolute Gasteiger partial charge is 0.0992 e. The van der Waals surface area contributed by atoms with E-state index in [1.165, 1.54) is 32.1 Å². The van der Waals surface area contributed by atoms with Crippen molar-refractivity contribution >= 4 is 11.4 Å². The van der Waals surface area contributed by atoms with E-state index < -0.39 is 0 Å². The van der Waals surface area contributed by atoms with Crippen LogP contribution in [0.15, 0.2) is 18.2 Å². The van der Waals surface area contributed by atoms with Gasteiger partial charge in [0, 0.05) is 6.54 Å². The molecule has 3 N–H and O–H groups in total. The topological polar surface area (TPSA) is 61.8 Å². The van der Waals surface area contributed by atoms with Crippen LogP contribution in [-0.4, -0.2) is 6.54 Å². The Morgan fingerprint density at radius 2 is 1.95 bits per heavy atom. The summed E-state index contributed by atoms with van der Waals surface area (Å²) in [6.45, 7) is 3.26. The summed E-state index contributed by atoms with van der Waals surface area (Å²) in [7, 11) is 0. The Bertz CT molecular complexity index is 454. The van der Waals surface area contributed by atoms with Crippen molar-refractivity contribution in [3.8, 4) is 6.07 Å². The van der Waals surface area contributed by atoms with Crippen molar-refractivity contribution in [1.82, 2.24) is 0 Å². The molecule has 1 aromatic carbocycles. The lowest BCUT2D eigenvalue weighted by Gasteiger charge is -2.28. The highest BCUT2D eigenvalue weighted by Crippen LogP contribution is 2.31. The van der Waals surface area contributed by atoms with Crippen molar-refractivity contribution in [2.24, 2.45) is 11.8 Å². The van der Waals surface area contributed by atoms with E-state index in [1.807, 2.05) is 6.07 Å². The normalized spacial score (nSPS) is 22.7. The molecule has 0 amide bonds. The van der Waals surface area contributed by atoms with Gasteiger partial charge in [-0.2, -0.15) is 5.26 Å². The third kappa shape index (κ3) is 3.64. The van der Waals surface area contributed by atoms with Gasteiger partial charge in [-0.25, -0.2) is 0 Å². The predicted octanol–water partition coefficient (Wildman–Crippen LogP) is 3.77. The number of anilines is 2. The van der Waals surface area contributed by atoms with E-state index in [0.717, 1.165) is 29.8 Å². The molecule has 0 heterocycles. The lowest BCUT2D eigenvalue weighted by Crippen LogP contribution is -2.21. The van der Waals surface area contributed by atoms with E-state index >= 15 is 0 Å². The second kappa shape index (κ2) is 6.47. The molecule has 1 aliphatic carbocycles. The van der Waals surface area contributed by atoms with Crippen LogP contribution in [0.25, 0.3) is 0 Å². The van der Waals surface area contributed by atoms with Gasteiger partial charge in [0.25, 0.3) is 0 Å². The molecule has 0 aromatic heterocycles. The van der Waals surface area contributed by atoms with Crippen LogP contribution in [0.5, 0.6) is 0 Å². The number of hydrogen-bond donors (Lipinski definition) is 2. The molecule has 0 bridgehead atoms. The summed E-state index contributed by atoms with van der Waals surface area (Å²) in [4.78, 5) is 0. The van der Waals surface area contributed by atoms with Crippen LogP contribution in [0.2, 0.25) is 0 Å². The van der Waals surface area contributed by atoms with Crippen molar-refractivity contribution in [2.75, 3.05) is 17.6 Å². The Kier molecular flexibility index (Phi) is 4.68. The molecule has 0 spiro atoms. The highest BCUT2D eigenvalue weighted by Gasteiger charge is 2.19. The molecule has 0 saturated heterocycles. The lowest BCUT2D eigenvalue weighted by molar-refractivity contribution is 0.278. The molecule has 0 aliphatic heterocycles. The molecule has 0 unspecified atom stereocenters. The Morgan fingerprint density at radius 1 is 1.26 bits per heavy atom. The first-order valence-corrected chi connectivity index (χ1v) is 7.26. The summed E-state index contributed by atoms with van der Waals surface area (Å²) in [6.07, 6.45) is 6.65. The van der Waals surface area contributed by atoms with E-state index in [-0.39, 0.29) is 0 Å². The summed E-state index contributed by atoms with van der Waals surface area (Å²) < 4.78 is 0. The molecule has 1 aromatic rings. The van der Waals surface area contributed by atoms with E-state index in [9.17, 15) is 0 Å². The van der Waals surface area contributed by atoms with Gasteiger partial charge in [0.2, 0.25) is 0 Å². The third-order valence-corrected chi connectivity index (χ3v) is 4.31. The standard InChI is InChI=1S/C16H23N3/c1-2-12-3-5-13(6-4-12)11-19-16-9-14(10-17)7-8-15(16)18/h7-9,12-13,19H,2-6,11,18H2,1H3. The zero-order valence-electron chi connectivity index (χ0n) is 11.7. The summed E-state index contributed by atoms with van der Waals surface area (Å²) in [5, 5.41) is 12.3. The summed E-state index contributed by atoms with van der Waals surface area (Å²) in [6, 6.07) is 7.55. The molecule has 102 valence electrons. The van der Waals surface area contributed by atoms with Crippen LogP contribution in [-0.2, 0) is 0 Å². The Balaban J connectivity index is 1.87. The number of nitriles is 1. The zero-order valence-corrected chi connectivity index (χ0v) is 11.7. The molecule has 1 saturated carbocycles. The molecule has 1 aliphatic rings. The number of hydrogen-bond acceptors (Lipinski definition) is 3. The molecule has 1 fully saturated rings. The van der Waals surface area contributed by atoms with E-state index in [0.29, 0.717) is 5.56 Å². The lowest BCUT2D eigenvalue weighted by atomic mass is 9.81. The van der Waals surface area contributed by atoms with Crippen LogP contribution >= 0.6 is 0 Å². The molecule has 3 heteroatoms. The first kappa shape index (κ1) is 13.7. The molecule has 19 heavy (non-hydrogen) atoms. The summed E-state index contributed by atoms with van der Waals surface area (Å²) >= 11 is 0. The first-order valence-electron chi connectivity index (χ1n) is 7.26. The maximum atomic E-state index is 8.91. The highest BCUT2D eigenvalue weighted by molar-refractivity contribution is 5.68. The minimum Gasteiger partial charge on any atom is -0.397 e. The Labute approximate surface area is 115 Å². The van der Waals surface area contributed by atoms with Crippen LogP contribution in [0, 0.1) is 23.2 Å². The number of benzene rings is 1. The number of nitrogens with one attached hydrogen (secondary N) is 1.